The first kappa shape index (κ1) is 26.9. The predicted octanol–water partition coefficient (Wildman–Crippen LogP) is 6.94. The average molecular weight is 572 g/mol. The molecule has 0 bridgehead atoms. The molecule has 1 unspecified atom stereocenters. The van der Waals surface area contributed by atoms with E-state index in [1.165, 1.54) is 6.07 Å². The van der Waals surface area contributed by atoms with Crippen molar-refractivity contribution in [1.82, 2.24) is 14.5 Å². The lowest BCUT2D eigenvalue weighted by Crippen LogP contribution is -2.17. The van der Waals surface area contributed by atoms with Gasteiger partial charge in [0.1, 0.15) is 18.2 Å². The number of carboxylic acid groups (broad SMARTS) is 1. The molecule has 2 aromatic heterocycles. The first-order valence-corrected chi connectivity index (χ1v) is 13.8. The maximum absolute atomic E-state index is 15.4. The lowest BCUT2D eigenvalue weighted by atomic mass is 10.1. The highest BCUT2D eigenvalue weighted by Gasteiger charge is 2.21. The van der Waals surface area contributed by atoms with Crippen LogP contribution in [-0.2, 0) is 24.3 Å². The number of rotatable bonds is 9. The third-order valence-electron chi connectivity index (χ3n) is 7.18. The van der Waals surface area contributed by atoms with Crippen molar-refractivity contribution in [2.24, 2.45) is 0 Å². The van der Waals surface area contributed by atoms with Gasteiger partial charge in [-0.2, -0.15) is 0 Å². The summed E-state index contributed by atoms with van der Waals surface area (Å²) >= 11 is 5.95. The highest BCUT2D eigenvalue weighted by atomic mass is 35.5. The van der Waals surface area contributed by atoms with Crippen molar-refractivity contribution in [3.63, 3.8) is 0 Å². The molecule has 5 aromatic rings. The molecular weight excluding hydrogens is 545 g/mol. The Kier molecular flexibility index (Phi) is 7.67. The first-order valence-electron chi connectivity index (χ1n) is 13.4. The van der Waals surface area contributed by atoms with Gasteiger partial charge in [0.25, 0.3) is 0 Å². The lowest BCUT2D eigenvalue weighted by Gasteiger charge is -2.15. The van der Waals surface area contributed by atoms with Crippen LogP contribution in [0, 0.1) is 5.82 Å². The molecule has 1 fully saturated rings. The minimum absolute atomic E-state index is 0.0269. The van der Waals surface area contributed by atoms with E-state index in [9.17, 15) is 9.90 Å². The normalized spacial score (nSPS) is 14.9. The third-order valence-corrected chi connectivity index (χ3v) is 7.43. The van der Waals surface area contributed by atoms with E-state index in [-0.39, 0.29) is 11.7 Å². The number of fused-ring (bicyclic) bond motifs is 1. The molecule has 0 spiro atoms. The quantitative estimate of drug-likeness (QED) is 0.206. The Morgan fingerprint density at radius 2 is 1.88 bits per heavy atom. The zero-order valence-electron chi connectivity index (χ0n) is 22.1. The molecule has 0 saturated carbocycles. The van der Waals surface area contributed by atoms with E-state index in [1.54, 1.807) is 54.6 Å². The number of ether oxygens (including phenoxy) is 2. The van der Waals surface area contributed by atoms with Gasteiger partial charge < -0.3 is 19.1 Å². The number of nitrogens with zero attached hydrogens (tertiary/aromatic N) is 3. The minimum Gasteiger partial charge on any atom is -0.478 e. The molecule has 41 heavy (non-hydrogen) atoms. The second-order valence-corrected chi connectivity index (χ2v) is 10.5. The Labute approximate surface area is 241 Å². The second kappa shape index (κ2) is 11.7. The van der Waals surface area contributed by atoms with E-state index in [2.05, 4.69) is 4.98 Å². The fourth-order valence-corrected chi connectivity index (χ4v) is 5.20. The van der Waals surface area contributed by atoms with Crippen LogP contribution >= 0.6 is 11.6 Å². The number of hydrogen-bond acceptors (Lipinski definition) is 5. The van der Waals surface area contributed by atoms with Crippen LogP contribution in [0.1, 0.15) is 40.2 Å². The molecule has 1 N–H and O–H groups in total. The van der Waals surface area contributed by atoms with Gasteiger partial charge in [0.05, 0.1) is 34.9 Å². The summed E-state index contributed by atoms with van der Waals surface area (Å²) in [4.78, 5) is 20.9. The number of hydrogen-bond donors (Lipinski definition) is 1. The number of aromatic nitrogens is 3. The van der Waals surface area contributed by atoms with Gasteiger partial charge in [-0.3, -0.25) is 0 Å². The maximum atomic E-state index is 15.4. The van der Waals surface area contributed by atoms with Crippen LogP contribution in [-0.4, -0.2) is 38.3 Å². The van der Waals surface area contributed by atoms with Gasteiger partial charge >= 0.3 is 5.97 Å². The lowest BCUT2D eigenvalue weighted by molar-refractivity contribution is 0.0697. The zero-order chi connectivity index (χ0) is 28.3. The van der Waals surface area contributed by atoms with Gasteiger partial charge in [-0.1, -0.05) is 35.9 Å². The SMILES string of the molecule is O=C(O)c1ccc2nc(Cc3ccc(-c4cccc(OCc5ccc(Cl)cc5)n4)c(F)c3)n(CC3CCCO3)c2c1. The summed E-state index contributed by atoms with van der Waals surface area (Å²) < 4.78 is 29.1. The van der Waals surface area contributed by atoms with Gasteiger partial charge in [-0.25, -0.2) is 19.2 Å². The van der Waals surface area contributed by atoms with E-state index in [0.29, 0.717) is 53.9 Å². The number of carboxylic acids is 1. The van der Waals surface area contributed by atoms with E-state index >= 15 is 4.39 Å². The van der Waals surface area contributed by atoms with Gasteiger partial charge in [0.15, 0.2) is 0 Å². The van der Waals surface area contributed by atoms with Crippen molar-refractivity contribution in [1.29, 1.82) is 0 Å². The highest BCUT2D eigenvalue weighted by molar-refractivity contribution is 6.30. The van der Waals surface area contributed by atoms with Gasteiger partial charge in [0, 0.05) is 29.7 Å². The molecule has 3 aromatic carbocycles. The molecule has 1 atom stereocenters. The Bertz CT molecular complexity index is 1710. The smallest absolute Gasteiger partial charge is 0.335 e. The van der Waals surface area contributed by atoms with Gasteiger partial charge in [-0.15, -0.1) is 0 Å². The molecule has 0 radical (unpaired) electrons. The van der Waals surface area contributed by atoms with Crippen molar-refractivity contribution < 1.29 is 23.8 Å². The molecule has 0 aliphatic carbocycles. The Morgan fingerprint density at radius 1 is 1.05 bits per heavy atom. The molecular formula is C32H27ClFN3O4. The fraction of sp³-hybridized carbons (Fsp3) is 0.219. The topological polar surface area (TPSA) is 86.5 Å². The van der Waals surface area contributed by atoms with E-state index in [4.69, 9.17) is 26.1 Å². The largest absolute Gasteiger partial charge is 0.478 e. The number of aromatic carboxylic acids is 1. The summed E-state index contributed by atoms with van der Waals surface area (Å²) in [6.45, 7) is 1.58. The molecule has 1 aliphatic rings. The zero-order valence-corrected chi connectivity index (χ0v) is 22.9. The standard InChI is InChI=1S/C32H27ClFN3O4/c33-23-10-6-20(7-11-23)19-41-31-5-1-4-27(36-31)25-12-8-21(15-26(25)34)16-30-35-28-13-9-22(32(38)39)17-29(28)37(30)18-24-3-2-14-40-24/h1,4-13,15,17,24H,2-3,14,16,18-19H2,(H,38,39). The van der Waals surface area contributed by atoms with Crippen LogP contribution in [0.4, 0.5) is 4.39 Å². The molecule has 6 rings (SSSR count). The van der Waals surface area contributed by atoms with Crippen LogP contribution in [0.3, 0.4) is 0 Å². The number of pyridine rings is 1. The number of imidazole rings is 1. The number of halogens is 2. The summed E-state index contributed by atoms with van der Waals surface area (Å²) in [6.07, 6.45) is 2.31. The van der Waals surface area contributed by atoms with Crippen molar-refractivity contribution in [2.45, 2.75) is 38.5 Å². The van der Waals surface area contributed by atoms with Gasteiger partial charge in [0.2, 0.25) is 5.88 Å². The van der Waals surface area contributed by atoms with E-state index < -0.39 is 11.8 Å². The molecule has 7 nitrogen and oxygen atoms in total. The molecule has 3 heterocycles. The molecule has 1 aliphatic heterocycles. The monoisotopic (exact) mass is 571 g/mol. The van der Waals surface area contributed by atoms with Crippen LogP contribution in [0.5, 0.6) is 5.88 Å². The summed E-state index contributed by atoms with van der Waals surface area (Å²) in [5.41, 5.74) is 4.14. The Balaban J connectivity index is 1.24. The second-order valence-electron chi connectivity index (χ2n) is 10.0. The Morgan fingerprint density at radius 3 is 2.63 bits per heavy atom. The number of benzene rings is 3. The van der Waals surface area contributed by atoms with E-state index in [0.717, 1.165) is 35.3 Å². The maximum Gasteiger partial charge on any atom is 0.335 e. The van der Waals surface area contributed by atoms with Crippen molar-refractivity contribution in [2.75, 3.05) is 6.61 Å². The van der Waals surface area contributed by atoms with Crippen LogP contribution in [0.15, 0.2) is 78.9 Å². The fourth-order valence-electron chi connectivity index (χ4n) is 5.08. The molecule has 208 valence electrons. The summed E-state index contributed by atoms with van der Waals surface area (Å²) in [6, 6.07) is 22.6. The minimum atomic E-state index is -0.996. The van der Waals surface area contributed by atoms with Crippen LogP contribution in [0.25, 0.3) is 22.3 Å². The van der Waals surface area contributed by atoms with Crippen molar-refractivity contribution in [3.05, 3.63) is 112 Å². The van der Waals surface area contributed by atoms with Crippen molar-refractivity contribution in [3.8, 4) is 17.1 Å². The van der Waals surface area contributed by atoms with E-state index in [1.807, 2.05) is 22.8 Å². The molecule has 9 heteroatoms. The first-order chi connectivity index (χ1) is 19.9. The van der Waals surface area contributed by atoms with Crippen molar-refractivity contribution >= 4 is 28.6 Å². The third kappa shape index (κ3) is 6.09. The average Bonchev–Trinajstić information content (AvgIpc) is 3.61. The molecule has 0 amide bonds. The predicted molar refractivity (Wildman–Crippen MR) is 154 cm³/mol. The Hall–Kier alpha value is -4.27. The highest BCUT2D eigenvalue weighted by Crippen LogP contribution is 2.27. The van der Waals surface area contributed by atoms with Crippen LogP contribution < -0.4 is 4.74 Å². The summed E-state index contributed by atoms with van der Waals surface area (Å²) in [5, 5.41) is 10.2. The molecule has 1 saturated heterocycles. The summed E-state index contributed by atoms with van der Waals surface area (Å²) in [5.74, 6) is -0.283. The summed E-state index contributed by atoms with van der Waals surface area (Å²) in [7, 11) is 0. The number of carbonyl (C=O) groups is 1. The van der Waals surface area contributed by atoms with Gasteiger partial charge in [-0.05, 0) is 72.5 Å². The van der Waals surface area contributed by atoms with Crippen LogP contribution in [0.2, 0.25) is 5.02 Å².